The largest absolute Gasteiger partial charge is 0 e. The van der Waals surface area contributed by atoms with E-state index in [0.717, 1.165) is 7.11 Å². The molecular formula is CH7Br2LiOZn. The molecule has 0 aliphatic rings. The van der Waals surface area contributed by atoms with E-state index in [9.17, 15) is 0 Å². The predicted molar refractivity (Wildman–Crippen MR) is 35.9 cm³/mol. The van der Waals surface area contributed by atoms with Crippen LogP contribution in [0.1, 0.15) is 0 Å². The first kappa shape index (κ1) is 42.1. The summed E-state index contributed by atoms with van der Waals surface area (Å²) in [4.78, 5) is 0. The zero-order valence-electron chi connectivity index (χ0n) is 2.97. The molecule has 1 nitrogen and oxygen atoms in total. The van der Waals surface area contributed by atoms with Gasteiger partial charge in [0.05, 0.1) is 0 Å². The van der Waals surface area contributed by atoms with Crippen molar-refractivity contribution in [3.8, 4) is 0 Å². The maximum absolute atomic E-state index is 7.00. The van der Waals surface area contributed by atoms with E-state index in [-0.39, 0.29) is 72.3 Å². The summed E-state index contributed by atoms with van der Waals surface area (Å²) in [6.07, 6.45) is 0. The molecule has 0 rings (SSSR count). The summed E-state index contributed by atoms with van der Waals surface area (Å²) in [5.41, 5.74) is 0. The fraction of sp³-hybridized carbons (Fsp3) is 1.00. The Hall–Kier alpha value is 2.14. The summed E-state index contributed by atoms with van der Waals surface area (Å²) in [7, 11) is 1.00. The minimum atomic E-state index is 0. The molecule has 0 aliphatic heterocycles. The third kappa shape index (κ3) is 35.4. The van der Waals surface area contributed by atoms with E-state index in [4.69, 9.17) is 5.11 Å². The summed E-state index contributed by atoms with van der Waals surface area (Å²) >= 11 is 0. The predicted octanol–water partition coefficient (Wildman–Crippen LogP) is 0.113. The molecule has 0 aliphatic carbocycles. The van der Waals surface area contributed by atoms with Crippen LogP contribution in [-0.2, 0) is 19.5 Å². The van der Waals surface area contributed by atoms with Crippen LogP contribution in [-0.4, -0.2) is 31.1 Å². The van der Waals surface area contributed by atoms with Crippen molar-refractivity contribution < 1.29 is 24.6 Å². The van der Waals surface area contributed by atoms with E-state index < -0.39 is 0 Å². The van der Waals surface area contributed by atoms with Gasteiger partial charge in [-0.2, -0.15) is 0 Å². The molecule has 0 aromatic heterocycles. The van der Waals surface area contributed by atoms with Crippen LogP contribution >= 0.6 is 34.0 Å². The first-order valence-corrected chi connectivity index (χ1v) is 0.447. The van der Waals surface area contributed by atoms with Crippen molar-refractivity contribution in [1.82, 2.24) is 0 Å². The Labute approximate surface area is 83.7 Å². The van der Waals surface area contributed by atoms with Crippen LogP contribution in [0, 0.1) is 0 Å². The number of hydrogen-bond donors (Lipinski definition) is 1. The standard InChI is InChI=1S/CH4O.2BrH.Li.Zn.H/c1-2;;;;;/h2H,1H3;2*1H;;;. The first-order valence-electron chi connectivity index (χ1n) is 0.447. The van der Waals surface area contributed by atoms with Crippen molar-refractivity contribution in [2.75, 3.05) is 7.11 Å². The zero-order valence-corrected chi connectivity index (χ0v) is 9.36. The van der Waals surface area contributed by atoms with Gasteiger partial charge in [0.15, 0.2) is 0 Å². The number of aliphatic hydroxyl groups is 1. The van der Waals surface area contributed by atoms with Crippen LogP contribution in [0.15, 0.2) is 0 Å². The maximum atomic E-state index is 7.00. The minimum absolute atomic E-state index is 0. The molecule has 0 saturated carbocycles. The molecule has 0 fully saturated rings. The molecule has 0 atom stereocenters. The van der Waals surface area contributed by atoms with E-state index >= 15 is 0 Å². The molecule has 0 bridgehead atoms. The van der Waals surface area contributed by atoms with Crippen LogP contribution in [0.4, 0.5) is 0 Å². The number of halogens is 2. The molecule has 0 unspecified atom stereocenters. The smallest absolute Gasteiger partial charge is 0 e. The van der Waals surface area contributed by atoms with E-state index in [2.05, 4.69) is 0 Å². The number of rotatable bonds is 0. The van der Waals surface area contributed by atoms with Crippen LogP contribution in [0.2, 0.25) is 0 Å². The average Bonchev–Trinajstić information content (AvgIpc) is 1.00. The normalized spacial score (nSPS) is 1.00. The van der Waals surface area contributed by atoms with Crippen LogP contribution in [0.5, 0.6) is 0 Å². The number of hydrogen-bond acceptors (Lipinski definition) is 1. The van der Waals surface area contributed by atoms with Gasteiger partial charge in [-0.3, -0.25) is 0 Å². The average molecular weight is 267 g/mol. The van der Waals surface area contributed by atoms with Crippen LogP contribution in [0.25, 0.3) is 0 Å². The summed E-state index contributed by atoms with van der Waals surface area (Å²) in [6, 6.07) is 0. The molecule has 0 aromatic rings. The Morgan fingerprint density at radius 2 is 1.00 bits per heavy atom. The molecule has 0 heterocycles. The molecule has 1 N–H and O–H groups in total. The monoisotopic (exact) mass is 264 g/mol. The second-order valence-corrected chi connectivity index (χ2v) is 0. The van der Waals surface area contributed by atoms with Crippen molar-refractivity contribution in [3.05, 3.63) is 0 Å². The molecular weight excluding hydrogens is 260 g/mol. The molecule has 0 saturated heterocycles. The van der Waals surface area contributed by atoms with Crippen molar-refractivity contribution in [3.63, 3.8) is 0 Å². The fourth-order valence-corrected chi connectivity index (χ4v) is 0. The van der Waals surface area contributed by atoms with Gasteiger partial charge in [0.25, 0.3) is 0 Å². The van der Waals surface area contributed by atoms with E-state index in [0.29, 0.717) is 0 Å². The molecule has 0 aromatic carbocycles. The summed E-state index contributed by atoms with van der Waals surface area (Å²) in [5.74, 6) is 0. The summed E-state index contributed by atoms with van der Waals surface area (Å²) in [6.45, 7) is 0. The Kier molecular flexibility index (Phi) is 412. The van der Waals surface area contributed by atoms with Gasteiger partial charge in [-0.25, -0.2) is 0 Å². The second-order valence-electron chi connectivity index (χ2n) is 0. The Morgan fingerprint density at radius 3 is 1.00 bits per heavy atom. The Balaban J connectivity index is -0.000000000833. The van der Waals surface area contributed by atoms with Gasteiger partial charge in [0, 0.05) is 26.6 Å². The third-order valence-electron chi connectivity index (χ3n) is 0. The molecule has 0 radical (unpaired) electrons. The SMILES string of the molecule is Br.Br.CO.[LiH].[Zn]. The second kappa shape index (κ2) is 58.8. The maximum Gasteiger partial charge on any atom is 0 e. The van der Waals surface area contributed by atoms with Gasteiger partial charge in [-0.05, 0) is 0 Å². The third-order valence-corrected chi connectivity index (χ3v) is 0. The first-order chi connectivity index (χ1) is 1.00. The van der Waals surface area contributed by atoms with Crippen LogP contribution < -0.4 is 0 Å². The van der Waals surface area contributed by atoms with E-state index in [1.165, 1.54) is 0 Å². The topological polar surface area (TPSA) is 20.2 Å². The van der Waals surface area contributed by atoms with Gasteiger partial charge >= 0.3 is 18.9 Å². The molecule has 5 heteroatoms. The van der Waals surface area contributed by atoms with Gasteiger partial charge in [-0.15, -0.1) is 34.0 Å². The van der Waals surface area contributed by atoms with Gasteiger partial charge in [0.2, 0.25) is 0 Å². The van der Waals surface area contributed by atoms with Crippen molar-refractivity contribution in [2.24, 2.45) is 0 Å². The van der Waals surface area contributed by atoms with E-state index in [1.807, 2.05) is 0 Å². The molecule has 6 heavy (non-hydrogen) atoms. The van der Waals surface area contributed by atoms with Gasteiger partial charge in [-0.1, -0.05) is 0 Å². The fourth-order valence-electron chi connectivity index (χ4n) is 0. The molecule has 0 amide bonds. The van der Waals surface area contributed by atoms with Gasteiger partial charge in [0.1, 0.15) is 0 Å². The molecule has 34 valence electrons. The zero-order chi connectivity index (χ0) is 2.00. The van der Waals surface area contributed by atoms with E-state index in [1.54, 1.807) is 0 Å². The quantitative estimate of drug-likeness (QED) is 0.618. The minimum Gasteiger partial charge on any atom is 0 e. The number of aliphatic hydroxyl groups excluding tert-OH is 1. The summed E-state index contributed by atoms with van der Waals surface area (Å²) < 4.78 is 0. The van der Waals surface area contributed by atoms with Crippen molar-refractivity contribution in [1.29, 1.82) is 0 Å². The Bertz CT molecular complexity index is 13.5. The van der Waals surface area contributed by atoms with Gasteiger partial charge < -0.3 is 5.11 Å². The van der Waals surface area contributed by atoms with Crippen molar-refractivity contribution in [2.45, 2.75) is 0 Å². The Morgan fingerprint density at radius 1 is 1.00 bits per heavy atom. The van der Waals surface area contributed by atoms with Crippen LogP contribution in [0.3, 0.4) is 0 Å². The molecule has 0 spiro atoms. The summed E-state index contributed by atoms with van der Waals surface area (Å²) in [5, 5.41) is 7.00. The van der Waals surface area contributed by atoms with Crippen molar-refractivity contribution >= 4 is 52.8 Å².